The molecule has 0 bridgehead atoms. The predicted octanol–water partition coefficient (Wildman–Crippen LogP) is 1.89. The summed E-state index contributed by atoms with van der Waals surface area (Å²) in [7, 11) is 0. The molecule has 1 aromatic carbocycles. The van der Waals surface area contributed by atoms with Crippen LogP contribution in [0, 0.1) is 0 Å². The first-order valence-corrected chi connectivity index (χ1v) is 9.02. The van der Waals surface area contributed by atoms with Gasteiger partial charge in [0, 0.05) is 18.7 Å². The Labute approximate surface area is 144 Å². The molecule has 0 spiro atoms. The van der Waals surface area contributed by atoms with Crippen LogP contribution in [0.5, 0.6) is 0 Å². The molecule has 0 saturated carbocycles. The standard InChI is InChI=1S/C19H28N2O3/c1-15-14-24-18(13-22)12-21(15)19(23)17-7-5-16(6-8-17)11-20-9-3-2-4-10-20/h5-8,15,18,22H,2-4,9-14H2,1H3/t15-,18+/m0/s1. The lowest BCUT2D eigenvalue weighted by Gasteiger charge is -2.37. The molecule has 2 aliphatic rings. The van der Waals surface area contributed by atoms with Crippen LogP contribution >= 0.6 is 0 Å². The zero-order chi connectivity index (χ0) is 16.9. The van der Waals surface area contributed by atoms with Crippen LogP contribution < -0.4 is 0 Å². The normalized spacial score (nSPS) is 25.7. The molecule has 5 heteroatoms. The predicted molar refractivity (Wildman–Crippen MR) is 92.9 cm³/mol. The molecule has 3 rings (SSSR count). The smallest absolute Gasteiger partial charge is 0.254 e. The zero-order valence-electron chi connectivity index (χ0n) is 14.5. The summed E-state index contributed by atoms with van der Waals surface area (Å²) in [4.78, 5) is 17.0. The molecule has 0 unspecified atom stereocenters. The zero-order valence-corrected chi connectivity index (χ0v) is 14.5. The molecule has 1 amide bonds. The van der Waals surface area contributed by atoms with E-state index in [1.807, 2.05) is 24.0 Å². The number of ether oxygens (including phenoxy) is 1. The van der Waals surface area contributed by atoms with Gasteiger partial charge >= 0.3 is 0 Å². The van der Waals surface area contributed by atoms with Crippen molar-refractivity contribution in [2.24, 2.45) is 0 Å². The van der Waals surface area contributed by atoms with Crippen molar-refractivity contribution in [2.75, 3.05) is 32.8 Å². The van der Waals surface area contributed by atoms with Crippen molar-refractivity contribution in [3.8, 4) is 0 Å². The number of aliphatic hydroxyl groups is 1. The summed E-state index contributed by atoms with van der Waals surface area (Å²) in [5.74, 6) is 0.0220. The van der Waals surface area contributed by atoms with Gasteiger partial charge in [-0.05, 0) is 50.6 Å². The van der Waals surface area contributed by atoms with Gasteiger partial charge in [0.05, 0.1) is 25.4 Å². The Morgan fingerprint density at radius 1 is 1.21 bits per heavy atom. The molecule has 1 aromatic rings. The number of aliphatic hydroxyl groups excluding tert-OH is 1. The minimum atomic E-state index is -0.275. The van der Waals surface area contributed by atoms with Crippen LogP contribution in [-0.2, 0) is 11.3 Å². The minimum Gasteiger partial charge on any atom is -0.394 e. The number of nitrogens with zero attached hydrogens (tertiary/aromatic N) is 2. The lowest BCUT2D eigenvalue weighted by Crippen LogP contribution is -2.52. The second-order valence-electron chi connectivity index (χ2n) is 6.98. The number of benzene rings is 1. The SMILES string of the molecule is C[C@H]1CO[C@@H](CO)CN1C(=O)c1ccc(CN2CCCCC2)cc1. The van der Waals surface area contributed by atoms with E-state index in [9.17, 15) is 9.90 Å². The van der Waals surface area contributed by atoms with Crippen molar-refractivity contribution < 1.29 is 14.6 Å². The van der Waals surface area contributed by atoms with Gasteiger partial charge in [0.2, 0.25) is 0 Å². The van der Waals surface area contributed by atoms with Crippen molar-refractivity contribution >= 4 is 5.91 Å². The first kappa shape index (κ1) is 17.4. The van der Waals surface area contributed by atoms with Gasteiger partial charge in [-0.3, -0.25) is 9.69 Å². The number of carbonyl (C=O) groups is 1. The van der Waals surface area contributed by atoms with Gasteiger partial charge in [0.25, 0.3) is 5.91 Å². The summed E-state index contributed by atoms with van der Waals surface area (Å²) in [5.41, 5.74) is 1.97. The van der Waals surface area contributed by atoms with Gasteiger partial charge in [-0.25, -0.2) is 0 Å². The Balaban J connectivity index is 1.62. The highest BCUT2D eigenvalue weighted by Gasteiger charge is 2.29. The fourth-order valence-corrected chi connectivity index (χ4v) is 3.51. The van der Waals surface area contributed by atoms with E-state index < -0.39 is 0 Å². The van der Waals surface area contributed by atoms with Crippen LogP contribution in [-0.4, -0.2) is 65.8 Å². The van der Waals surface area contributed by atoms with Crippen molar-refractivity contribution in [2.45, 2.75) is 44.9 Å². The van der Waals surface area contributed by atoms with Crippen LogP contribution in [0.3, 0.4) is 0 Å². The second kappa shape index (κ2) is 8.10. The molecule has 2 heterocycles. The molecule has 1 N–H and O–H groups in total. The number of amides is 1. The molecule has 5 nitrogen and oxygen atoms in total. The van der Waals surface area contributed by atoms with Gasteiger partial charge in [0.1, 0.15) is 0 Å². The Hall–Kier alpha value is -1.43. The van der Waals surface area contributed by atoms with E-state index in [-0.39, 0.29) is 24.7 Å². The number of hydrogen-bond acceptors (Lipinski definition) is 4. The van der Waals surface area contributed by atoms with Crippen LogP contribution in [0.1, 0.15) is 42.1 Å². The maximum atomic E-state index is 12.8. The first-order valence-electron chi connectivity index (χ1n) is 9.02. The summed E-state index contributed by atoms with van der Waals surface area (Å²) in [5, 5.41) is 9.27. The summed E-state index contributed by atoms with van der Waals surface area (Å²) >= 11 is 0. The number of hydrogen-bond donors (Lipinski definition) is 1. The van der Waals surface area contributed by atoms with Gasteiger partial charge in [-0.2, -0.15) is 0 Å². The summed E-state index contributed by atoms with van der Waals surface area (Å²) < 4.78 is 5.51. The summed E-state index contributed by atoms with van der Waals surface area (Å²) in [6, 6.07) is 8.02. The highest BCUT2D eigenvalue weighted by Crippen LogP contribution is 2.17. The van der Waals surface area contributed by atoms with Crippen LogP contribution in [0.2, 0.25) is 0 Å². The van der Waals surface area contributed by atoms with E-state index in [2.05, 4.69) is 17.0 Å². The Morgan fingerprint density at radius 3 is 2.58 bits per heavy atom. The van der Waals surface area contributed by atoms with E-state index in [0.29, 0.717) is 18.7 Å². The molecule has 2 saturated heterocycles. The van der Waals surface area contributed by atoms with Crippen LogP contribution in [0.4, 0.5) is 0 Å². The Morgan fingerprint density at radius 2 is 1.92 bits per heavy atom. The molecular weight excluding hydrogens is 304 g/mol. The van der Waals surface area contributed by atoms with Gasteiger partial charge in [0.15, 0.2) is 0 Å². The van der Waals surface area contributed by atoms with E-state index in [1.54, 1.807) is 0 Å². The third-order valence-corrected chi connectivity index (χ3v) is 5.03. The minimum absolute atomic E-state index is 0.0220. The van der Waals surface area contributed by atoms with Crippen molar-refractivity contribution in [3.63, 3.8) is 0 Å². The van der Waals surface area contributed by atoms with Crippen molar-refractivity contribution in [1.82, 2.24) is 9.80 Å². The number of morpholine rings is 1. The number of rotatable bonds is 4. The largest absolute Gasteiger partial charge is 0.394 e. The molecule has 2 atom stereocenters. The van der Waals surface area contributed by atoms with Gasteiger partial charge < -0.3 is 14.7 Å². The first-order chi connectivity index (χ1) is 11.7. The number of piperidine rings is 1. The highest BCUT2D eigenvalue weighted by atomic mass is 16.5. The topological polar surface area (TPSA) is 53.0 Å². The number of carbonyl (C=O) groups excluding carboxylic acids is 1. The quantitative estimate of drug-likeness (QED) is 0.915. The fourth-order valence-electron chi connectivity index (χ4n) is 3.51. The maximum absolute atomic E-state index is 12.8. The Bertz CT molecular complexity index is 540. The molecule has 132 valence electrons. The van der Waals surface area contributed by atoms with E-state index in [4.69, 9.17) is 4.74 Å². The molecule has 2 fully saturated rings. The van der Waals surface area contributed by atoms with Gasteiger partial charge in [-0.15, -0.1) is 0 Å². The van der Waals surface area contributed by atoms with Crippen LogP contribution in [0.25, 0.3) is 0 Å². The average molecular weight is 332 g/mol. The Kier molecular flexibility index (Phi) is 5.87. The third-order valence-electron chi connectivity index (χ3n) is 5.03. The molecule has 2 aliphatic heterocycles. The van der Waals surface area contributed by atoms with Gasteiger partial charge in [-0.1, -0.05) is 18.6 Å². The summed E-state index contributed by atoms with van der Waals surface area (Å²) in [6.45, 7) is 6.18. The van der Waals surface area contributed by atoms with E-state index in [0.717, 1.165) is 6.54 Å². The monoisotopic (exact) mass is 332 g/mol. The highest BCUT2D eigenvalue weighted by molar-refractivity contribution is 5.94. The second-order valence-corrected chi connectivity index (χ2v) is 6.98. The molecule has 24 heavy (non-hydrogen) atoms. The number of likely N-dealkylation sites (tertiary alicyclic amines) is 1. The van der Waals surface area contributed by atoms with E-state index >= 15 is 0 Å². The third kappa shape index (κ3) is 4.15. The average Bonchev–Trinajstić information content (AvgIpc) is 2.63. The fraction of sp³-hybridized carbons (Fsp3) is 0.632. The van der Waals surface area contributed by atoms with E-state index in [1.165, 1.54) is 37.9 Å². The molecule has 0 aliphatic carbocycles. The molecule has 0 radical (unpaired) electrons. The lowest BCUT2D eigenvalue weighted by molar-refractivity contribution is -0.0667. The maximum Gasteiger partial charge on any atom is 0.254 e. The summed E-state index contributed by atoms with van der Waals surface area (Å²) in [6.07, 6.45) is 3.65. The molecule has 0 aromatic heterocycles. The lowest BCUT2D eigenvalue weighted by atomic mass is 10.1. The molecular formula is C19H28N2O3. The van der Waals surface area contributed by atoms with Crippen LogP contribution in [0.15, 0.2) is 24.3 Å². The van der Waals surface area contributed by atoms with Crippen molar-refractivity contribution in [1.29, 1.82) is 0 Å². The van der Waals surface area contributed by atoms with Crippen molar-refractivity contribution in [3.05, 3.63) is 35.4 Å².